The average Bonchev–Trinajstić information content (AvgIpc) is 2.31. The Bertz CT molecular complexity index is 436. The third-order valence-electron chi connectivity index (χ3n) is 2.41. The predicted octanol–water partition coefficient (Wildman–Crippen LogP) is 3.53. The maximum Gasteiger partial charge on any atom is 0.138 e. The van der Waals surface area contributed by atoms with Crippen molar-refractivity contribution in [2.45, 2.75) is 20.0 Å². The fourth-order valence-corrected chi connectivity index (χ4v) is 1.48. The number of aromatic nitrogens is 1. The molecule has 2 aromatic rings. The lowest BCUT2D eigenvalue weighted by Crippen LogP contribution is -2.05. The second-order valence-corrected chi connectivity index (χ2v) is 3.83. The lowest BCUT2D eigenvalue weighted by Gasteiger charge is -2.14. The summed E-state index contributed by atoms with van der Waals surface area (Å²) in [6, 6.07) is 13.8. The van der Waals surface area contributed by atoms with Crippen LogP contribution < -0.4 is 4.74 Å². The highest BCUT2D eigenvalue weighted by molar-refractivity contribution is 5.22. The number of benzene rings is 1. The van der Waals surface area contributed by atoms with E-state index in [0.717, 1.165) is 17.0 Å². The Hall–Kier alpha value is -1.83. The molecule has 0 fully saturated rings. The SMILES string of the molecule is Cc1ccc(C(C)Oc2ccccc2)nc1. The number of ether oxygens (including phenoxy) is 1. The maximum atomic E-state index is 5.78. The molecule has 2 heteroatoms. The van der Waals surface area contributed by atoms with Crippen molar-refractivity contribution in [1.82, 2.24) is 4.98 Å². The average molecular weight is 213 g/mol. The second kappa shape index (κ2) is 4.79. The monoisotopic (exact) mass is 213 g/mol. The van der Waals surface area contributed by atoms with Crippen LogP contribution in [0.5, 0.6) is 5.75 Å². The fraction of sp³-hybridized carbons (Fsp3) is 0.214. The van der Waals surface area contributed by atoms with E-state index < -0.39 is 0 Å². The Morgan fingerprint density at radius 3 is 2.44 bits per heavy atom. The van der Waals surface area contributed by atoms with Crippen LogP contribution in [0.4, 0.5) is 0 Å². The molecule has 1 aromatic carbocycles. The Balaban J connectivity index is 2.09. The van der Waals surface area contributed by atoms with Crippen molar-refractivity contribution in [2.75, 3.05) is 0 Å². The van der Waals surface area contributed by atoms with Gasteiger partial charge in [-0.3, -0.25) is 4.98 Å². The Morgan fingerprint density at radius 2 is 1.81 bits per heavy atom. The van der Waals surface area contributed by atoms with Crippen molar-refractivity contribution >= 4 is 0 Å². The largest absolute Gasteiger partial charge is 0.484 e. The third-order valence-corrected chi connectivity index (χ3v) is 2.41. The van der Waals surface area contributed by atoms with E-state index in [1.54, 1.807) is 0 Å². The van der Waals surface area contributed by atoms with Crippen LogP contribution in [-0.4, -0.2) is 4.98 Å². The third kappa shape index (κ3) is 2.60. The highest BCUT2D eigenvalue weighted by Crippen LogP contribution is 2.19. The first kappa shape index (κ1) is 10.7. The van der Waals surface area contributed by atoms with Crippen LogP contribution in [0.25, 0.3) is 0 Å². The van der Waals surface area contributed by atoms with E-state index in [2.05, 4.69) is 4.98 Å². The van der Waals surface area contributed by atoms with E-state index in [9.17, 15) is 0 Å². The lowest BCUT2D eigenvalue weighted by molar-refractivity contribution is 0.222. The Kier molecular flexibility index (Phi) is 3.20. The van der Waals surface area contributed by atoms with Gasteiger partial charge in [-0.1, -0.05) is 24.3 Å². The number of rotatable bonds is 3. The van der Waals surface area contributed by atoms with Crippen LogP contribution >= 0.6 is 0 Å². The van der Waals surface area contributed by atoms with E-state index >= 15 is 0 Å². The van der Waals surface area contributed by atoms with Gasteiger partial charge in [-0.25, -0.2) is 0 Å². The highest BCUT2D eigenvalue weighted by atomic mass is 16.5. The highest BCUT2D eigenvalue weighted by Gasteiger charge is 2.07. The molecule has 1 unspecified atom stereocenters. The van der Waals surface area contributed by atoms with Gasteiger partial charge in [-0.2, -0.15) is 0 Å². The van der Waals surface area contributed by atoms with Crippen molar-refractivity contribution in [3.63, 3.8) is 0 Å². The van der Waals surface area contributed by atoms with Gasteiger partial charge < -0.3 is 4.74 Å². The standard InChI is InChI=1S/C14H15NO/c1-11-8-9-14(15-10-11)12(2)16-13-6-4-3-5-7-13/h3-10,12H,1-2H3. The number of para-hydroxylation sites is 1. The van der Waals surface area contributed by atoms with Crippen molar-refractivity contribution in [3.8, 4) is 5.75 Å². The molecule has 0 saturated heterocycles. The molecule has 0 aliphatic rings. The molecule has 0 bridgehead atoms. The maximum absolute atomic E-state index is 5.78. The summed E-state index contributed by atoms with van der Waals surface area (Å²) < 4.78 is 5.78. The van der Waals surface area contributed by atoms with Crippen LogP contribution in [0, 0.1) is 6.92 Å². The molecule has 2 rings (SSSR count). The van der Waals surface area contributed by atoms with Gasteiger partial charge in [0.1, 0.15) is 11.9 Å². The molecule has 0 saturated carbocycles. The molecular formula is C14H15NO. The number of pyridine rings is 1. The molecule has 0 aliphatic carbocycles. The minimum absolute atomic E-state index is 0.0250. The van der Waals surface area contributed by atoms with Crippen LogP contribution in [0.3, 0.4) is 0 Å². The molecule has 0 N–H and O–H groups in total. The number of nitrogens with zero attached hydrogens (tertiary/aromatic N) is 1. The van der Waals surface area contributed by atoms with Gasteiger partial charge in [0.15, 0.2) is 0 Å². The van der Waals surface area contributed by atoms with Crippen molar-refractivity contribution in [3.05, 3.63) is 59.9 Å². The van der Waals surface area contributed by atoms with Gasteiger partial charge in [0.25, 0.3) is 0 Å². The van der Waals surface area contributed by atoms with Gasteiger partial charge in [-0.15, -0.1) is 0 Å². The minimum Gasteiger partial charge on any atom is -0.484 e. The Labute approximate surface area is 95.9 Å². The number of hydrogen-bond donors (Lipinski definition) is 0. The predicted molar refractivity (Wildman–Crippen MR) is 64.5 cm³/mol. The van der Waals surface area contributed by atoms with Gasteiger partial charge in [-0.05, 0) is 37.6 Å². The molecule has 0 spiro atoms. The minimum atomic E-state index is -0.0250. The molecule has 0 radical (unpaired) electrons. The van der Waals surface area contributed by atoms with Gasteiger partial charge in [0, 0.05) is 6.20 Å². The summed E-state index contributed by atoms with van der Waals surface area (Å²) in [6.45, 7) is 4.03. The summed E-state index contributed by atoms with van der Waals surface area (Å²) in [5.41, 5.74) is 2.12. The molecular weight excluding hydrogens is 198 g/mol. The Morgan fingerprint density at radius 1 is 1.06 bits per heavy atom. The first-order valence-corrected chi connectivity index (χ1v) is 5.40. The second-order valence-electron chi connectivity index (χ2n) is 3.83. The molecule has 0 aliphatic heterocycles. The lowest BCUT2D eigenvalue weighted by atomic mass is 10.2. The van der Waals surface area contributed by atoms with E-state index in [1.807, 2.05) is 62.5 Å². The quantitative estimate of drug-likeness (QED) is 0.778. The van der Waals surface area contributed by atoms with E-state index in [-0.39, 0.29) is 6.10 Å². The van der Waals surface area contributed by atoms with Crippen LogP contribution in [0.1, 0.15) is 24.3 Å². The summed E-state index contributed by atoms with van der Waals surface area (Å²) >= 11 is 0. The van der Waals surface area contributed by atoms with E-state index in [4.69, 9.17) is 4.74 Å². The molecule has 0 amide bonds. The molecule has 2 nitrogen and oxygen atoms in total. The summed E-state index contributed by atoms with van der Waals surface area (Å²) in [6.07, 6.45) is 1.84. The summed E-state index contributed by atoms with van der Waals surface area (Å²) in [5.74, 6) is 0.873. The molecule has 82 valence electrons. The zero-order valence-electron chi connectivity index (χ0n) is 9.55. The van der Waals surface area contributed by atoms with Gasteiger partial charge >= 0.3 is 0 Å². The van der Waals surface area contributed by atoms with Crippen LogP contribution in [-0.2, 0) is 0 Å². The van der Waals surface area contributed by atoms with Crippen molar-refractivity contribution < 1.29 is 4.74 Å². The first-order chi connectivity index (χ1) is 7.75. The van der Waals surface area contributed by atoms with Crippen molar-refractivity contribution in [1.29, 1.82) is 0 Å². The van der Waals surface area contributed by atoms with Crippen LogP contribution in [0.2, 0.25) is 0 Å². The molecule has 16 heavy (non-hydrogen) atoms. The zero-order valence-corrected chi connectivity index (χ0v) is 9.55. The summed E-state index contributed by atoms with van der Waals surface area (Å²) in [5, 5.41) is 0. The molecule has 1 heterocycles. The fourth-order valence-electron chi connectivity index (χ4n) is 1.48. The molecule has 1 aromatic heterocycles. The van der Waals surface area contributed by atoms with E-state index in [1.165, 1.54) is 0 Å². The first-order valence-electron chi connectivity index (χ1n) is 5.40. The number of aryl methyl sites for hydroxylation is 1. The van der Waals surface area contributed by atoms with Gasteiger partial charge in [0.05, 0.1) is 5.69 Å². The van der Waals surface area contributed by atoms with Crippen LogP contribution in [0.15, 0.2) is 48.7 Å². The van der Waals surface area contributed by atoms with Crippen molar-refractivity contribution in [2.24, 2.45) is 0 Å². The van der Waals surface area contributed by atoms with E-state index in [0.29, 0.717) is 0 Å². The zero-order chi connectivity index (χ0) is 11.4. The number of hydrogen-bond acceptors (Lipinski definition) is 2. The molecule has 1 atom stereocenters. The normalized spacial score (nSPS) is 12.1. The van der Waals surface area contributed by atoms with Gasteiger partial charge in [0.2, 0.25) is 0 Å². The summed E-state index contributed by atoms with van der Waals surface area (Å²) in [4.78, 5) is 4.35. The smallest absolute Gasteiger partial charge is 0.138 e. The summed E-state index contributed by atoms with van der Waals surface area (Å²) in [7, 11) is 0. The topological polar surface area (TPSA) is 22.1 Å².